The molecule has 7 aliphatic rings. The molecule has 15 nitrogen and oxygen atoms in total. The van der Waals surface area contributed by atoms with E-state index in [1.807, 2.05) is 4.90 Å². The second-order valence-electron chi connectivity index (χ2n) is 21.6. The van der Waals surface area contributed by atoms with Crippen LogP contribution in [0.4, 0.5) is 29.1 Å². The molecular formula is C55H58F4N10O5. The molecule has 3 amide bonds. The van der Waals surface area contributed by atoms with Crippen molar-refractivity contribution in [2.75, 3.05) is 81.9 Å². The van der Waals surface area contributed by atoms with Gasteiger partial charge in [0.25, 0.3) is 5.91 Å². The number of nitrogens with one attached hydrogen (secondary N) is 2. The molecule has 12 rings (SSSR count). The number of hydrogen-bond donors (Lipinski definition) is 3. The highest BCUT2D eigenvalue weighted by molar-refractivity contribution is 6.06. The summed E-state index contributed by atoms with van der Waals surface area (Å²) in [6.45, 7) is 6.57. The zero-order chi connectivity index (χ0) is 51.0. The third kappa shape index (κ3) is 8.81. The van der Waals surface area contributed by atoms with Gasteiger partial charge < -0.3 is 34.8 Å². The number of terminal acetylenes is 1. The summed E-state index contributed by atoms with van der Waals surface area (Å²) in [7, 11) is 0. The first-order valence-electron chi connectivity index (χ1n) is 26.0. The highest BCUT2D eigenvalue weighted by atomic mass is 19.1. The van der Waals surface area contributed by atoms with Crippen molar-refractivity contribution in [3.05, 3.63) is 76.7 Å². The Kier molecular flexibility index (Phi) is 12.4. The fourth-order valence-corrected chi connectivity index (χ4v) is 13.0. The minimum absolute atomic E-state index is 0.000707. The molecule has 0 radical (unpaired) electrons. The van der Waals surface area contributed by atoms with Crippen LogP contribution in [0.2, 0.25) is 0 Å². The maximum atomic E-state index is 17.1. The lowest BCUT2D eigenvalue weighted by Gasteiger charge is -2.48. The molecule has 19 heteroatoms. The van der Waals surface area contributed by atoms with Crippen molar-refractivity contribution in [3.8, 4) is 35.4 Å². The number of halogens is 4. The highest BCUT2D eigenvalue weighted by Gasteiger charge is 2.44. The van der Waals surface area contributed by atoms with Crippen LogP contribution in [0.25, 0.3) is 32.9 Å². The Morgan fingerprint density at radius 2 is 1.57 bits per heavy atom. The number of phenols is 1. The van der Waals surface area contributed by atoms with Gasteiger partial charge in [-0.15, -0.1) is 6.42 Å². The number of piperidine rings is 4. The SMILES string of the molecule is C#Cc1c(F)ccc2cc(O)cc(-c3ncc4c(N5CC6CCC(C5)N6)nc(OCCN5CCC6(CC5)CCN(CC5(F)CCN(c7ccc8c(c7F)CN(C7CCC(=O)NC7=O)C8=O)CC5)CC6)nc4c3F)c12. The van der Waals surface area contributed by atoms with Crippen LogP contribution in [-0.4, -0.2) is 148 Å². The number of likely N-dealkylation sites (tertiary alicyclic amines) is 2. The van der Waals surface area contributed by atoms with E-state index in [9.17, 15) is 19.5 Å². The Balaban J connectivity index is 0.659. The molecule has 6 fully saturated rings. The number of amides is 3. The maximum absolute atomic E-state index is 17.1. The van der Waals surface area contributed by atoms with E-state index in [0.717, 1.165) is 64.7 Å². The van der Waals surface area contributed by atoms with Crippen LogP contribution in [0.3, 0.4) is 0 Å². The van der Waals surface area contributed by atoms with Gasteiger partial charge in [-0.1, -0.05) is 12.0 Å². The van der Waals surface area contributed by atoms with E-state index in [1.54, 1.807) is 12.1 Å². The van der Waals surface area contributed by atoms with Crippen LogP contribution in [0.5, 0.6) is 11.8 Å². The van der Waals surface area contributed by atoms with Gasteiger partial charge in [-0.3, -0.25) is 29.6 Å². The fourth-order valence-electron chi connectivity index (χ4n) is 13.0. The molecule has 6 saturated heterocycles. The predicted molar refractivity (Wildman–Crippen MR) is 269 cm³/mol. The minimum Gasteiger partial charge on any atom is -0.508 e. The largest absolute Gasteiger partial charge is 0.508 e. The first kappa shape index (κ1) is 48.3. The molecule has 386 valence electrons. The number of nitrogens with zero attached hydrogens (tertiary/aromatic N) is 8. The number of aromatic nitrogens is 3. The lowest BCUT2D eigenvalue weighted by Crippen LogP contribution is -2.52. The van der Waals surface area contributed by atoms with E-state index >= 15 is 17.6 Å². The van der Waals surface area contributed by atoms with E-state index in [4.69, 9.17) is 16.1 Å². The number of carbonyl (C=O) groups is 3. The van der Waals surface area contributed by atoms with Crippen molar-refractivity contribution in [3.63, 3.8) is 0 Å². The summed E-state index contributed by atoms with van der Waals surface area (Å²) in [5.74, 6) is -0.526. The number of phenolic OH excluding ortho intramolecular Hbond substituents is 1. The number of imide groups is 1. The van der Waals surface area contributed by atoms with Crippen LogP contribution in [-0.2, 0) is 16.1 Å². The second kappa shape index (κ2) is 18.9. The zero-order valence-electron chi connectivity index (χ0n) is 41.1. The van der Waals surface area contributed by atoms with Gasteiger partial charge in [0, 0.05) is 98.9 Å². The molecule has 2 aromatic heterocycles. The minimum atomic E-state index is -1.41. The quantitative estimate of drug-likeness (QED) is 0.0824. The molecule has 9 heterocycles. The van der Waals surface area contributed by atoms with E-state index in [-0.39, 0.29) is 113 Å². The van der Waals surface area contributed by atoms with Crippen LogP contribution >= 0.6 is 0 Å². The van der Waals surface area contributed by atoms with Gasteiger partial charge in [0.2, 0.25) is 11.8 Å². The monoisotopic (exact) mass is 1010 g/mol. The summed E-state index contributed by atoms with van der Waals surface area (Å²) < 4.78 is 71.0. The third-order valence-corrected chi connectivity index (χ3v) is 17.2. The lowest BCUT2D eigenvalue weighted by atomic mass is 9.71. The Labute approximate surface area is 425 Å². The molecule has 2 bridgehead atoms. The van der Waals surface area contributed by atoms with Crippen molar-refractivity contribution >= 4 is 50.9 Å². The average Bonchev–Trinajstić information content (AvgIpc) is 3.92. The molecule has 74 heavy (non-hydrogen) atoms. The Bertz CT molecular complexity index is 3130. The molecule has 3 N–H and O–H groups in total. The summed E-state index contributed by atoms with van der Waals surface area (Å²) in [5, 5.41) is 17.7. The summed E-state index contributed by atoms with van der Waals surface area (Å²) in [4.78, 5) is 61.4. The summed E-state index contributed by atoms with van der Waals surface area (Å²) in [6, 6.07) is 8.41. The molecule has 0 aliphatic carbocycles. The Morgan fingerprint density at radius 1 is 0.838 bits per heavy atom. The topological polar surface area (TPSA) is 160 Å². The van der Waals surface area contributed by atoms with Gasteiger partial charge >= 0.3 is 6.01 Å². The van der Waals surface area contributed by atoms with Crippen LogP contribution in [0, 0.1) is 35.2 Å². The average molecular weight is 1020 g/mol. The number of ether oxygens (including phenoxy) is 1. The number of anilines is 2. The molecule has 3 aromatic carbocycles. The molecule has 3 atom stereocenters. The van der Waals surface area contributed by atoms with Crippen molar-refractivity contribution in [1.29, 1.82) is 0 Å². The number of benzene rings is 3. The Hall–Kier alpha value is -6.62. The normalized spacial score (nSPS) is 24.0. The number of aromatic hydroxyl groups is 1. The first-order chi connectivity index (χ1) is 35.7. The van der Waals surface area contributed by atoms with Gasteiger partial charge in [0.1, 0.15) is 46.9 Å². The number of alkyl halides is 1. The van der Waals surface area contributed by atoms with Crippen LogP contribution in [0.15, 0.2) is 42.6 Å². The molecular weight excluding hydrogens is 957 g/mol. The van der Waals surface area contributed by atoms with Gasteiger partial charge in [0.15, 0.2) is 11.6 Å². The van der Waals surface area contributed by atoms with Gasteiger partial charge in [-0.25, -0.2) is 17.6 Å². The number of piperazine rings is 1. The number of carbonyl (C=O) groups excluding carboxylic acids is 3. The number of rotatable bonds is 10. The van der Waals surface area contributed by atoms with Crippen molar-refractivity contribution in [2.45, 2.75) is 94.5 Å². The molecule has 0 saturated carbocycles. The van der Waals surface area contributed by atoms with Gasteiger partial charge in [-0.05, 0) is 112 Å². The molecule has 1 spiro atoms. The van der Waals surface area contributed by atoms with Crippen molar-refractivity contribution in [2.24, 2.45) is 5.41 Å². The van der Waals surface area contributed by atoms with Crippen LogP contribution < -0.4 is 25.2 Å². The second-order valence-corrected chi connectivity index (χ2v) is 21.6. The van der Waals surface area contributed by atoms with E-state index < -0.39 is 41.0 Å². The molecule has 5 aromatic rings. The lowest BCUT2D eigenvalue weighted by molar-refractivity contribution is -0.136. The third-order valence-electron chi connectivity index (χ3n) is 17.2. The van der Waals surface area contributed by atoms with E-state index in [0.29, 0.717) is 61.5 Å². The standard InChI is InChI=1S/C55H58F4N10O5/c1-2-36-41(56)7-3-32-25-35(70)26-38(45(32)36)48-47(58)49-39(27-60-48)50(68-28-33-4-5-34(29-68)61-33)64-53(63-49)74-24-23-65-17-11-54(12-18-65)13-19-66(20-14-54)31-55(59)15-21-67(22-16-55)42-8-6-37-40(46(42)57)30-69(52(37)73)43-9-10-44(71)62-51(43)72/h1,3,6-8,25-27,33-34,43,61,70H,4-5,9-24,28-31H2,(H,62,71,72). The fraction of sp³-hybridized carbons (Fsp3) is 0.491. The van der Waals surface area contributed by atoms with E-state index in [2.05, 4.69) is 41.2 Å². The summed E-state index contributed by atoms with van der Waals surface area (Å²) >= 11 is 0. The Morgan fingerprint density at radius 3 is 2.28 bits per heavy atom. The zero-order valence-corrected chi connectivity index (χ0v) is 41.1. The summed E-state index contributed by atoms with van der Waals surface area (Å²) in [5.41, 5.74) is -0.509. The number of hydrogen-bond acceptors (Lipinski definition) is 13. The predicted octanol–water partition coefficient (Wildman–Crippen LogP) is 6.22. The van der Waals surface area contributed by atoms with E-state index in [1.165, 1.54) is 35.4 Å². The van der Waals surface area contributed by atoms with Crippen molar-refractivity contribution < 1.29 is 41.8 Å². The van der Waals surface area contributed by atoms with Crippen molar-refractivity contribution in [1.82, 2.24) is 40.3 Å². The highest BCUT2D eigenvalue weighted by Crippen LogP contribution is 2.44. The first-order valence-corrected chi connectivity index (χ1v) is 26.0. The summed E-state index contributed by atoms with van der Waals surface area (Å²) in [6.07, 6.45) is 14.1. The van der Waals surface area contributed by atoms with Gasteiger partial charge in [-0.2, -0.15) is 9.97 Å². The number of fused-ring (bicyclic) bond motifs is 5. The maximum Gasteiger partial charge on any atom is 0.319 e. The number of pyridine rings is 1. The van der Waals surface area contributed by atoms with Gasteiger partial charge in [0.05, 0.1) is 23.2 Å². The molecule has 7 aliphatic heterocycles. The smallest absolute Gasteiger partial charge is 0.319 e. The molecule has 3 unspecified atom stereocenters. The van der Waals surface area contributed by atoms with Crippen LogP contribution in [0.1, 0.15) is 85.7 Å².